The van der Waals surface area contributed by atoms with E-state index in [1.807, 2.05) is 41.8 Å². The second-order valence-electron chi connectivity index (χ2n) is 6.44. The van der Waals surface area contributed by atoms with Gasteiger partial charge in [-0.05, 0) is 36.4 Å². The molecule has 3 heterocycles. The third-order valence-corrected chi connectivity index (χ3v) is 5.58. The Labute approximate surface area is 155 Å². The number of furan rings is 1. The molecule has 1 N–H and O–H groups in total. The number of carbonyl (C=O) groups is 2. The summed E-state index contributed by atoms with van der Waals surface area (Å²) < 4.78 is 5.75. The van der Waals surface area contributed by atoms with Gasteiger partial charge in [0.15, 0.2) is 0 Å². The molecule has 1 aliphatic rings. The molecule has 5 nitrogen and oxygen atoms in total. The third-order valence-electron chi connectivity index (χ3n) is 4.60. The van der Waals surface area contributed by atoms with Gasteiger partial charge in [-0.1, -0.05) is 18.2 Å². The number of carbonyl (C=O) groups excluding carboxylic acids is 2. The molecule has 26 heavy (non-hydrogen) atoms. The van der Waals surface area contributed by atoms with E-state index in [9.17, 15) is 9.59 Å². The van der Waals surface area contributed by atoms with E-state index in [0.717, 1.165) is 40.0 Å². The standard InChI is InChI=1S/C20H20N2O3S/c23-19(13-22-10-3-6-18-16(20(22)24)8-11-26-18)21-9-7-15-12-14-4-1-2-5-17(14)25-15/h1-2,4-5,8,11-12H,3,6-7,9-10,13H2,(H,21,23). The highest BCUT2D eigenvalue weighted by atomic mass is 32.1. The van der Waals surface area contributed by atoms with E-state index in [0.29, 0.717) is 19.5 Å². The molecule has 0 bridgehead atoms. The van der Waals surface area contributed by atoms with Crippen LogP contribution >= 0.6 is 11.3 Å². The maximum Gasteiger partial charge on any atom is 0.255 e. The average Bonchev–Trinajstić information content (AvgIpc) is 3.23. The van der Waals surface area contributed by atoms with Crippen LogP contribution in [-0.2, 0) is 17.6 Å². The number of thiophene rings is 1. The van der Waals surface area contributed by atoms with Gasteiger partial charge in [-0.15, -0.1) is 11.3 Å². The molecule has 0 unspecified atom stereocenters. The van der Waals surface area contributed by atoms with Crippen LogP contribution in [0.4, 0.5) is 0 Å². The van der Waals surface area contributed by atoms with Crippen LogP contribution < -0.4 is 5.32 Å². The van der Waals surface area contributed by atoms with Gasteiger partial charge in [0.2, 0.25) is 5.91 Å². The maximum atomic E-state index is 12.6. The zero-order valence-electron chi connectivity index (χ0n) is 14.4. The molecule has 0 aliphatic carbocycles. The Hall–Kier alpha value is -2.60. The van der Waals surface area contributed by atoms with Crippen LogP contribution in [0.2, 0.25) is 0 Å². The lowest BCUT2D eigenvalue weighted by Gasteiger charge is -2.19. The summed E-state index contributed by atoms with van der Waals surface area (Å²) in [5, 5.41) is 5.90. The number of benzene rings is 1. The molecule has 2 amide bonds. The molecule has 0 fully saturated rings. The summed E-state index contributed by atoms with van der Waals surface area (Å²) in [6.45, 7) is 1.22. The molecule has 4 rings (SSSR count). The predicted molar refractivity (Wildman–Crippen MR) is 101 cm³/mol. The van der Waals surface area contributed by atoms with Crippen LogP contribution in [0.15, 0.2) is 46.2 Å². The number of nitrogens with one attached hydrogen (secondary N) is 1. The van der Waals surface area contributed by atoms with Gasteiger partial charge in [0, 0.05) is 29.8 Å². The second-order valence-corrected chi connectivity index (χ2v) is 7.44. The van der Waals surface area contributed by atoms with Crippen molar-refractivity contribution in [3.05, 3.63) is 58.0 Å². The molecular formula is C20H20N2O3S. The number of aryl methyl sites for hydroxylation is 1. The molecule has 2 aromatic heterocycles. The monoisotopic (exact) mass is 368 g/mol. The summed E-state index contributed by atoms with van der Waals surface area (Å²) in [4.78, 5) is 27.6. The van der Waals surface area contributed by atoms with Crippen molar-refractivity contribution in [3.63, 3.8) is 0 Å². The van der Waals surface area contributed by atoms with Gasteiger partial charge < -0.3 is 14.6 Å². The highest BCUT2D eigenvalue weighted by Crippen LogP contribution is 2.23. The smallest absolute Gasteiger partial charge is 0.255 e. The van der Waals surface area contributed by atoms with Gasteiger partial charge in [0.05, 0.1) is 12.1 Å². The van der Waals surface area contributed by atoms with Gasteiger partial charge in [-0.3, -0.25) is 9.59 Å². The quantitative estimate of drug-likeness (QED) is 0.752. The summed E-state index contributed by atoms with van der Waals surface area (Å²) in [6.07, 6.45) is 2.43. The molecular weight excluding hydrogens is 348 g/mol. The molecule has 6 heteroatoms. The number of para-hydroxylation sites is 1. The minimum atomic E-state index is -0.131. The molecule has 1 aromatic carbocycles. The molecule has 0 saturated carbocycles. The van der Waals surface area contributed by atoms with Crippen molar-refractivity contribution in [3.8, 4) is 0 Å². The topological polar surface area (TPSA) is 62.6 Å². The minimum absolute atomic E-state index is 0.0359. The first-order chi connectivity index (χ1) is 12.7. The van der Waals surface area contributed by atoms with E-state index in [1.165, 1.54) is 0 Å². The van der Waals surface area contributed by atoms with Crippen molar-refractivity contribution in [2.45, 2.75) is 19.3 Å². The fraction of sp³-hybridized carbons (Fsp3) is 0.300. The minimum Gasteiger partial charge on any atom is -0.461 e. The normalized spacial score (nSPS) is 14.3. The highest BCUT2D eigenvalue weighted by molar-refractivity contribution is 7.10. The van der Waals surface area contributed by atoms with Crippen molar-refractivity contribution in [1.29, 1.82) is 0 Å². The Morgan fingerprint density at radius 2 is 2.15 bits per heavy atom. The number of hydrogen-bond donors (Lipinski definition) is 1. The van der Waals surface area contributed by atoms with Gasteiger partial charge >= 0.3 is 0 Å². The molecule has 1 aliphatic heterocycles. The summed E-state index contributed by atoms with van der Waals surface area (Å²) in [5.74, 6) is 0.680. The summed E-state index contributed by atoms with van der Waals surface area (Å²) >= 11 is 1.62. The number of nitrogens with zero attached hydrogens (tertiary/aromatic N) is 1. The highest BCUT2D eigenvalue weighted by Gasteiger charge is 2.24. The van der Waals surface area contributed by atoms with Gasteiger partial charge in [-0.2, -0.15) is 0 Å². The Morgan fingerprint density at radius 1 is 1.27 bits per heavy atom. The van der Waals surface area contributed by atoms with E-state index in [1.54, 1.807) is 16.2 Å². The van der Waals surface area contributed by atoms with Crippen LogP contribution in [-0.4, -0.2) is 36.3 Å². The molecule has 0 spiro atoms. The zero-order chi connectivity index (χ0) is 17.9. The van der Waals surface area contributed by atoms with E-state index >= 15 is 0 Å². The first-order valence-electron chi connectivity index (χ1n) is 8.80. The number of rotatable bonds is 5. The Bertz CT molecular complexity index is 910. The SMILES string of the molecule is O=C(CN1CCCc2sccc2C1=O)NCCc1cc2ccccc2o1. The largest absolute Gasteiger partial charge is 0.461 e. The summed E-state index contributed by atoms with van der Waals surface area (Å²) in [7, 11) is 0. The van der Waals surface area contributed by atoms with Crippen LogP contribution in [0.1, 0.15) is 27.4 Å². The predicted octanol–water partition coefficient (Wildman–Crippen LogP) is 3.24. The van der Waals surface area contributed by atoms with Crippen LogP contribution in [0.5, 0.6) is 0 Å². The van der Waals surface area contributed by atoms with Gasteiger partial charge in [0.25, 0.3) is 5.91 Å². The molecule has 3 aromatic rings. The lowest BCUT2D eigenvalue weighted by atomic mass is 10.2. The van der Waals surface area contributed by atoms with E-state index in [2.05, 4.69) is 5.32 Å². The van der Waals surface area contributed by atoms with Crippen molar-refractivity contribution < 1.29 is 14.0 Å². The first kappa shape index (κ1) is 16.8. The summed E-state index contributed by atoms with van der Waals surface area (Å²) in [5.41, 5.74) is 1.61. The Kier molecular flexibility index (Phi) is 4.75. The number of amides is 2. The molecule has 134 valence electrons. The van der Waals surface area contributed by atoms with E-state index < -0.39 is 0 Å². The summed E-state index contributed by atoms with van der Waals surface area (Å²) in [6, 6.07) is 11.7. The van der Waals surface area contributed by atoms with Crippen LogP contribution in [0.3, 0.4) is 0 Å². The third kappa shape index (κ3) is 3.51. The molecule has 0 atom stereocenters. The van der Waals surface area contributed by atoms with Gasteiger partial charge in [-0.25, -0.2) is 0 Å². The van der Waals surface area contributed by atoms with E-state index in [4.69, 9.17) is 4.42 Å². The zero-order valence-corrected chi connectivity index (χ0v) is 15.2. The average molecular weight is 368 g/mol. The number of hydrogen-bond acceptors (Lipinski definition) is 4. The molecule has 0 saturated heterocycles. The van der Waals surface area contributed by atoms with Crippen molar-refractivity contribution in [2.24, 2.45) is 0 Å². The Balaban J connectivity index is 1.30. The van der Waals surface area contributed by atoms with Crippen molar-refractivity contribution in [2.75, 3.05) is 19.6 Å². The fourth-order valence-corrected chi connectivity index (χ4v) is 4.21. The Morgan fingerprint density at radius 3 is 3.04 bits per heavy atom. The van der Waals surface area contributed by atoms with Gasteiger partial charge in [0.1, 0.15) is 11.3 Å². The fourth-order valence-electron chi connectivity index (χ4n) is 3.29. The second kappa shape index (κ2) is 7.33. The van der Waals surface area contributed by atoms with Crippen molar-refractivity contribution in [1.82, 2.24) is 10.2 Å². The molecule has 0 radical (unpaired) electrons. The van der Waals surface area contributed by atoms with Crippen LogP contribution in [0, 0.1) is 0 Å². The number of fused-ring (bicyclic) bond motifs is 2. The first-order valence-corrected chi connectivity index (χ1v) is 9.68. The van der Waals surface area contributed by atoms with Crippen molar-refractivity contribution >= 4 is 34.1 Å². The lowest BCUT2D eigenvalue weighted by molar-refractivity contribution is -0.121. The van der Waals surface area contributed by atoms with E-state index in [-0.39, 0.29) is 18.4 Å². The maximum absolute atomic E-state index is 12.6. The van der Waals surface area contributed by atoms with Crippen LogP contribution in [0.25, 0.3) is 11.0 Å². The lowest BCUT2D eigenvalue weighted by Crippen LogP contribution is -2.41.